The average molecular weight is 462 g/mol. The van der Waals surface area contributed by atoms with Gasteiger partial charge >= 0.3 is 0 Å². The van der Waals surface area contributed by atoms with Gasteiger partial charge in [0.1, 0.15) is 16.6 Å². The number of amides is 1. The fourth-order valence-electron chi connectivity index (χ4n) is 3.94. The number of carbonyl (C=O) groups is 1. The molecule has 0 aliphatic heterocycles. The van der Waals surface area contributed by atoms with Crippen molar-refractivity contribution in [2.45, 2.75) is 40.7 Å². The van der Waals surface area contributed by atoms with Gasteiger partial charge in [-0.1, -0.05) is 29.8 Å². The summed E-state index contributed by atoms with van der Waals surface area (Å²) in [6, 6.07) is 12.8. The summed E-state index contributed by atoms with van der Waals surface area (Å²) >= 11 is 1.48. The predicted octanol–water partition coefficient (Wildman–Crippen LogP) is 5.65. The minimum absolute atomic E-state index is 0.225. The number of thiophene rings is 1. The van der Waals surface area contributed by atoms with Gasteiger partial charge in [-0.25, -0.2) is 4.98 Å². The number of nitrogens with zero attached hydrogens (tertiary/aromatic N) is 2. The van der Waals surface area contributed by atoms with Crippen molar-refractivity contribution in [3.05, 3.63) is 75.1 Å². The van der Waals surface area contributed by atoms with Crippen molar-refractivity contribution in [1.82, 2.24) is 9.55 Å². The van der Waals surface area contributed by atoms with Crippen LogP contribution >= 0.6 is 11.3 Å². The highest BCUT2D eigenvalue weighted by atomic mass is 32.1. The number of hydrogen-bond donors (Lipinski definition) is 1. The van der Waals surface area contributed by atoms with Gasteiger partial charge in [0.25, 0.3) is 5.56 Å². The third-order valence-electron chi connectivity index (χ3n) is 5.70. The van der Waals surface area contributed by atoms with Gasteiger partial charge in [0, 0.05) is 16.1 Å². The van der Waals surface area contributed by atoms with Crippen LogP contribution < -0.4 is 15.6 Å². The Labute approximate surface area is 196 Å². The zero-order valence-electron chi connectivity index (χ0n) is 19.4. The lowest BCUT2D eigenvalue weighted by atomic mass is 10.0. The third kappa shape index (κ3) is 4.41. The van der Waals surface area contributed by atoms with Crippen LogP contribution in [0.4, 0.5) is 5.69 Å². The fraction of sp³-hybridized carbons (Fsp3) is 0.269. The Balaban J connectivity index is 1.72. The van der Waals surface area contributed by atoms with Crippen LogP contribution in [0.5, 0.6) is 5.75 Å². The molecule has 0 spiro atoms. The molecule has 1 N–H and O–H groups in total. The summed E-state index contributed by atoms with van der Waals surface area (Å²) in [7, 11) is 0. The molecule has 6 nitrogen and oxygen atoms in total. The maximum atomic E-state index is 13.5. The molecule has 1 atom stereocenters. The first-order valence-corrected chi connectivity index (χ1v) is 11.7. The van der Waals surface area contributed by atoms with Crippen molar-refractivity contribution in [3.63, 3.8) is 0 Å². The summed E-state index contributed by atoms with van der Waals surface area (Å²) in [6.45, 7) is 10.2. The minimum Gasteiger partial charge on any atom is -0.494 e. The highest BCUT2D eigenvalue weighted by molar-refractivity contribution is 7.19. The lowest BCUT2D eigenvalue weighted by Gasteiger charge is -2.16. The van der Waals surface area contributed by atoms with Crippen LogP contribution in [0.2, 0.25) is 0 Å². The molecule has 1 amide bonds. The molecule has 0 aliphatic carbocycles. The zero-order chi connectivity index (χ0) is 23.7. The Bertz CT molecular complexity index is 1390. The molecule has 2 aromatic heterocycles. The molecule has 0 saturated heterocycles. The summed E-state index contributed by atoms with van der Waals surface area (Å²) in [4.78, 5) is 32.7. The van der Waals surface area contributed by atoms with Crippen LogP contribution in [-0.4, -0.2) is 22.1 Å². The first-order valence-electron chi connectivity index (χ1n) is 10.9. The van der Waals surface area contributed by atoms with E-state index in [2.05, 4.69) is 10.3 Å². The number of aromatic nitrogens is 2. The van der Waals surface area contributed by atoms with Gasteiger partial charge in [-0.3, -0.25) is 14.2 Å². The molecule has 4 rings (SSSR count). The number of hydrogen-bond acceptors (Lipinski definition) is 5. The predicted molar refractivity (Wildman–Crippen MR) is 134 cm³/mol. The van der Waals surface area contributed by atoms with Crippen molar-refractivity contribution >= 4 is 33.1 Å². The number of fused-ring (bicyclic) bond motifs is 1. The average Bonchev–Trinajstić information content (AvgIpc) is 3.13. The second-order valence-corrected chi connectivity index (χ2v) is 9.31. The standard InChI is InChI=1S/C26H27N3O3S/c1-6-32-20-10-8-19(9-11-20)22-18(5)33-25-23(22)26(31)29(14-27-25)17(4)24(30)28-21-12-7-15(2)13-16(21)3/h7-14,17H,6H2,1-5H3,(H,28,30). The Morgan fingerprint density at radius 3 is 2.55 bits per heavy atom. The van der Waals surface area contributed by atoms with E-state index in [9.17, 15) is 9.59 Å². The van der Waals surface area contributed by atoms with Gasteiger partial charge in [-0.2, -0.15) is 0 Å². The summed E-state index contributed by atoms with van der Waals surface area (Å²) in [5, 5.41) is 3.48. The van der Waals surface area contributed by atoms with Crippen LogP contribution in [0.3, 0.4) is 0 Å². The van der Waals surface area contributed by atoms with Crippen molar-refractivity contribution in [2.75, 3.05) is 11.9 Å². The Morgan fingerprint density at radius 2 is 1.88 bits per heavy atom. The van der Waals surface area contributed by atoms with Gasteiger partial charge in [-0.15, -0.1) is 11.3 Å². The van der Waals surface area contributed by atoms with E-state index in [1.165, 1.54) is 22.2 Å². The minimum atomic E-state index is -0.719. The van der Waals surface area contributed by atoms with Gasteiger partial charge < -0.3 is 10.1 Å². The van der Waals surface area contributed by atoms with Crippen LogP contribution in [0.25, 0.3) is 21.3 Å². The molecule has 33 heavy (non-hydrogen) atoms. The molecular formula is C26H27N3O3S. The second-order valence-electron chi connectivity index (χ2n) is 8.11. The highest BCUT2D eigenvalue weighted by Gasteiger charge is 2.22. The monoisotopic (exact) mass is 461 g/mol. The first-order chi connectivity index (χ1) is 15.8. The van der Waals surface area contributed by atoms with E-state index < -0.39 is 6.04 Å². The van der Waals surface area contributed by atoms with Gasteiger partial charge in [0.15, 0.2) is 0 Å². The quantitative estimate of drug-likeness (QED) is 0.403. The Hall–Kier alpha value is -3.45. The third-order valence-corrected chi connectivity index (χ3v) is 6.72. The zero-order valence-corrected chi connectivity index (χ0v) is 20.2. The first kappa shape index (κ1) is 22.7. The van der Waals surface area contributed by atoms with Crippen molar-refractivity contribution in [2.24, 2.45) is 0 Å². The van der Waals surface area contributed by atoms with E-state index in [0.717, 1.165) is 38.6 Å². The molecule has 0 aliphatic rings. The molecule has 1 unspecified atom stereocenters. The normalized spacial score (nSPS) is 12.0. The molecule has 0 saturated carbocycles. The smallest absolute Gasteiger partial charge is 0.263 e. The van der Waals surface area contributed by atoms with E-state index in [0.29, 0.717) is 16.8 Å². The fourth-order valence-corrected chi connectivity index (χ4v) is 4.94. The summed E-state index contributed by atoms with van der Waals surface area (Å²) < 4.78 is 6.95. The number of benzene rings is 2. The lowest BCUT2D eigenvalue weighted by molar-refractivity contribution is -0.118. The Morgan fingerprint density at radius 1 is 1.15 bits per heavy atom. The maximum Gasteiger partial charge on any atom is 0.263 e. The lowest BCUT2D eigenvalue weighted by Crippen LogP contribution is -2.31. The number of carbonyl (C=O) groups excluding carboxylic acids is 1. The van der Waals surface area contributed by atoms with E-state index in [1.54, 1.807) is 6.92 Å². The summed E-state index contributed by atoms with van der Waals surface area (Å²) in [6.07, 6.45) is 1.47. The van der Waals surface area contributed by atoms with Crippen LogP contribution in [0.15, 0.2) is 53.6 Å². The maximum absolute atomic E-state index is 13.5. The van der Waals surface area contributed by atoms with E-state index in [1.807, 2.05) is 70.2 Å². The molecule has 0 bridgehead atoms. The van der Waals surface area contributed by atoms with E-state index in [-0.39, 0.29) is 11.5 Å². The number of ether oxygens (including phenoxy) is 1. The molecule has 0 fully saturated rings. The number of anilines is 1. The molecular weight excluding hydrogens is 434 g/mol. The van der Waals surface area contributed by atoms with Crippen molar-refractivity contribution in [1.29, 1.82) is 0 Å². The second kappa shape index (κ2) is 9.19. The largest absolute Gasteiger partial charge is 0.494 e. The van der Waals surface area contributed by atoms with Gasteiger partial charge in [0.05, 0.1) is 18.3 Å². The highest BCUT2D eigenvalue weighted by Crippen LogP contribution is 2.36. The molecule has 2 heterocycles. The molecule has 170 valence electrons. The molecule has 4 aromatic rings. The number of rotatable bonds is 6. The van der Waals surface area contributed by atoms with Crippen molar-refractivity contribution in [3.8, 4) is 16.9 Å². The summed E-state index contributed by atoms with van der Waals surface area (Å²) in [5.74, 6) is 0.519. The topological polar surface area (TPSA) is 73.2 Å². The Kier molecular flexibility index (Phi) is 6.33. The molecule has 7 heteroatoms. The molecule has 2 aromatic carbocycles. The van der Waals surface area contributed by atoms with Gasteiger partial charge in [0.2, 0.25) is 5.91 Å². The van der Waals surface area contributed by atoms with Gasteiger partial charge in [-0.05, 0) is 63.9 Å². The summed E-state index contributed by atoms with van der Waals surface area (Å²) in [5.41, 5.74) is 4.39. The SMILES string of the molecule is CCOc1ccc(-c2c(C)sc3ncn(C(C)C(=O)Nc4ccc(C)cc4C)c(=O)c23)cc1. The number of aryl methyl sites for hydroxylation is 3. The van der Waals surface area contributed by atoms with Crippen LogP contribution in [0.1, 0.15) is 35.9 Å². The van der Waals surface area contributed by atoms with Crippen LogP contribution in [-0.2, 0) is 4.79 Å². The van der Waals surface area contributed by atoms with E-state index >= 15 is 0 Å². The van der Waals surface area contributed by atoms with Crippen LogP contribution in [0, 0.1) is 20.8 Å². The molecule has 0 radical (unpaired) electrons. The van der Waals surface area contributed by atoms with E-state index in [4.69, 9.17) is 4.74 Å². The van der Waals surface area contributed by atoms with Crippen molar-refractivity contribution < 1.29 is 9.53 Å². The number of nitrogens with one attached hydrogen (secondary N) is 1.